The zero-order valence-corrected chi connectivity index (χ0v) is 21.5. The van der Waals surface area contributed by atoms with Crippen LogP contribution in [0.25, 0.3) is 0 Å². The fourth-order valence-corrected chi connectivity index (χ4v) is 2.48. The molecule has 0 bridgehead atoms. The molecule has 0 aromatic heterocycles. The van der Waals surface area contributed by atoms with Crippen LogP contribution >= 0.6 is 0 Å². The summed E-state index contributed by atoms with van der Waals surface area (Å²) in [6.07, 6.45) is 0. The fourth-order valence-electron chi connectivity index (χ4n) is 2.03. The molecule has 0 saturated carbocycles. The van der Waals surface area contributed by atoms with E-state index in [0.29, 0.717) is 0 Å². The molecule has 0 aliphatic carbocycles. The molecule has 0 atom stereocenters. The summed E-state index contributed by atoms with van der Waals surface area (Å²) in [5.41, 5.74) is 0. The van der Waals surface area contributed by atoms with Crippen molar-refractivity contribution in [1.82, 2.24) is 0 Å². The number of alkyl halides is 23. The van der Waals surface area contributed by atoms with Gasteiger partial charge in [-0.3, -0.25) is 0 Å². The predicted octanol–water partition coefficient (Wildman–Crippen LogP) is 3.45. The first-order chi connectivity index (χ1) is 16.3. The van der Waals surface area contributed by atoms with Gasteiger partial charge in [-0.2, -0.15) is 96.6 Å². The molecule has 0 aromatic rings. The summed E-state index contributed by atoms with van der Waals surface area (Å²) in [6.45, 7) is -4.24. The summed E-state index contributed by atoms with van der Waals surface area (Å²) in [7, 11) is -8.42. The molecule has 3 nitrogen and oxygen atoms in total. The average molecular weight is 702 g/mol. The van der Waals surface area contributed by atoms with Crippen LogP contribution in [0, 0.1) is 0 Å². The van der Waals surface area contributed by atoms with E-state index in [9.17, 15) is 114 Å². The summed E-state index contributed by atoms with van der Waals surface area (Å²) in [6, 6.07) is 0. The average Bonchev–Trinajstić information content (AvgIpc) is 2.71. The molecule has 0 aliphatic rings. The molecule has 0 amide bonds. The van der Waals surface area contributed by atoms with Gasteiger partial charge in [-0.05, 0) is 0 Å². The van der Waals surface area contributed by atoms with E-state index in [4.69, 9.17) is 0 Å². The SMILES string of the molecule is O=S(=O)([O-])C(F)(F)C(F)(F)C(F)(F)C(F)(F)C(F)(F)C(F)(F)C(F)(F)C(F)(F)C(F)(F)C(F)(F)C(F)(F)CF.[K+]. The third-order valence-corrected chi connectivity index (χ3v) is 5.35. The van der Waals surface area contributed by atoms with Gasteiger partial charge < -0.3 is 4.55 Å². The minimum atomic E-state index is -9.57. The van der Waals surface area contributed by atoms with E-state index < -0.39 is 81.3 Å². The van der Waals surface area contributed by atoms with Gasteiger partial charge >= 0.3 is 116 Å². The summed E-state index contributed by atoms with van der Waals surface area (Å²) in [4.78, 5) is 0. The molecule has 0 heterocycles. The molecular formula is C12H2F23KO3S. The summed E-state index contributed by atoms with van der Waals surface area (Å²) in [5.74, 6) is -90.0. The van der Waals surface area contributed by atoms with Crippen molar-refractivity contribution < 1.29 is 165 Å². The molecule has 0 radical (unpaired) electrons. The van der Waals surface area contributed by atoms with Crippen molar-refractivity contribution in [2.24, 2.45) is 0 Å². The van der Waals surface area contributed by atoms with Crippen LogP contribution in [-0.2, 0) is 10.1 Å². The Morgan fingerprint density at radius 3 is 0.750 bits per heavy atom. The van der Waals surface area contributed by atoms with Crippen LogP contribution in [0.4, 0.5) is 101 Å². The van der Waals surface area contributed by atoms with Crippen molar-refractivity contribution in [1.29, 1.82) is 0 Å². The van der Waals surface area contributed by atoms with Crippen molar-refractivity contribution in [3.05, 3.63) is 0 Å². The Kier molecular flexibility index (Phi) is 11.1. The second kappa shape index (κ2) is 10.5. The maximum absolute atomic E-state index is 13.5. The molecule has 0 spiro atoms. The second-order valence-electron chi connectivity index (χ2n) is 6.98. The van der Waals surface area contributed by atoms with Crippen LogP contribution in [-0.4, -0.2) is 84.1 Å². The van der Waals surface area contributed by atoms with Gasteiger partial charge in [0.25, 0.3) is 0 Å². The third-order valence-electron chi connectivity index (χ3n) is 4.46. The smallest absolute Gasteiger partial charge is 0.743 e. The Morgan fingerprint density at radius 1 is 0.400 bits per heavy atom. The molecule has 236 valence electrons. The Bertz CT molecular complexity index is 1030. The number of hydrogen-bond donors (Lipinski definition) is 0. The van der Waals surface area contributed by atoms with Gasteiger partial charge in [0.05, 0.1) is 0 Å². The van der Waals surface area contributed by atoms with Crippen LogP contribution < -0.4 is 51.4 Å². The normalized spacial score (nSPS) is 16.6. The van der Waals surface area contributed by atoms with Crippen molar-refractivity contribution >= 4 is 10.1 Å². The standard InChI is InChI=1S/C12H3F23O3S.K/c13-1-2(14,15)3(16,17)4(18,19)5(20,21)6(22,23)7(24,25)8(26,27)9(28,29)10(30,31)11(32,33)12(34,35)39(36,37)38;/h1H2,(H,36,37,38);/q;+1/p-1. The van der Waals surface area contributed by atoms with E-state index in [0.717, 1.165) is 0 Å². The maximum atomic E-state index is 13.5. The molecule has 0 aliphatic heterocycles. The fraction of sp³-hybridized carbons (Fsp3) is 1.00. The molecule has 28 heteroatoms. The van der Waals surface area contributed by atoms with E-state index in [2.05, 4.69) is 0 Å². The Morgan fingerprint density at radius 2 is 0.575 bits per heavy atom. The Hall–Kier alpha value is -0.0636. The van der Waals surface area contributed by atoms with Gasteiger partial charge in [-0.1, -0.05) is 0 Å². The van der Waals surface area contributed by atoms with Gasteiger partial charge in [0, 0.05) is 0 Å². The summed E-state index contributed by atoms with van der Waals surface area (Å²) >= 11 is 0. The molecule has 0 unspecified atom stereocenters. The van der Waals surface area contributed by atoms with E-state index in [1.807, 2.05) is 0 Å². The van der Waals surface area contributed by atoms with E-state index in [1.165, 1.54) is 0 Å². The number of rotatable bonds is 12. The minimum Gasteiger partial charge on any atom is -0.743 e. The van der Waals surface area contributed by atoms with Crippen molar-refractivity contribution in [3.63, 3.8) is 0 Å². The summed E-state index contributed by atoms with van der Waals surface area (Å²) < 4.78 is 332. The second-order valence-corrected chi connectivity index (χ2v) is 8.40. The van der Waals surface area contributed by atoms with Crippen LogP contribution in [0.5, 0.6) is 0 Å². The molecule has 0 aromatic carbocycles. The predicted molar refractivity (Wildman–Crippen MR) is 70.1 cm³/mol. The first kappa shape index (κ1) is 42.1. The monoisotopic (exact) mass is 702 g/mol. The Balaban J connectivity index is 0. The van der Waals surface area contributed by atoms with Gasteiger partial charge in [-0.15, -0.1) is 0 Å². The van der Waals surface area contributed by atoms with Crippen molar-refractivity contribution in [2.45, 2.75) is 64.5 Å². The van der Waals surface area contributed by atoms with E-state index >= 15 is 0 Å². The van der Waals surface area contributed by atoms with Crippen molar-refractivity contribution in [2.75, 3.05) is 6.67 Å². The molecule has 40 heavy (non-hydrogen) atoms. The van der Waals surface area contributed by atoms with Gasteiger partial charge in [0.1, 0.15) is 0 Å². The number of halogens is 23. The molecule has 0 fully saturated rings. The van der Waals surface area contributed by atoms with Crippen LogP contribution in [0.3, 0.4) is 0 Å². The van der Waals surface area contributed by atoms with Gasteiger partial charge in [-0.25, -0.2) is 12.8 Å². The van der Waals surface area contributed by atoms with E-state index in [1.54, 1.807) is 0 Å². The zero-order valence-electron chi connectivity index (χ0n) is 17.5. The topological polar surface area (TPSA) is 57.2 Å². The molecule has 0 N–H and O–H groups in total. The molecular weight excluding hydrogens is 700 g/mol. The summed E-state index contributed by atoms with van der Waals surface area (Å²) in [5, 5.41) is -8.25. The van der Waals surface area contributed by atoms with E-state index in [-0.39, 0.29) is 51.4 Å². The maximum Gasteiger partial charge on any atom is 1.00 e. The molecule has 0 rings (SSSR count). The van der Waals surface area contributed by atoms with Crippen molar-refractivity contribution in [3.8, 4) is 0 Å². The Labute approximate surface area is 245 Å². The van der Waals surface area contributed by atoms with Gasteiger partial charge in [0.15, 0.2) is 16.8 Å². The van der Waals surface area contributed by atoms with Crippen LogP contribution in [0.1, 0.15) is 0 Å². The minimum absolute atomic E-state index is 0. The first-order valence-electron chi connectivity index (χ1n) is 7.98. The zero-order chi connectivity index (χ0) is 32.7. The molecule has 0 saturated heterocycles. The number of hydrogen-bond acceptors (Lipinski definition) is 3. The largest absolute Gasteiger partial charge is 1.00 e. The van der Waals surface area contributed by atoms with Crippen LogP contribution in [0.15, 0.2) is 0 Å². The third kappa shape index (κ3) is 4.98. The van der Waals surface area contributed by atoms with Crippen LogP contribution in [0.2, 0.25) is 0 Å². The van der Waals surface area contributed by atoms with Gasteiger partial charge in [0.2, 0.25) is 0 Å². The quantitative estimate of drug-likeness (QED) is 0.178. The first-order valence-corrected chi connectivity index (χ1v) is 9.39.